The smallest absolute Gasteiger partial charge is 0.401 e. The Morgan fingerprint density at radius 1 is 0.619 bits per heavy atom. The number of halogens is 9. The Bertz CT molecular complexity index is 1920. The number of aromatic nitrogens is 1. The SMILES string of the molecule is CCC(Nc1cc([C]2[CH][CH][CH][CH]2)[n+](-c2c(C)cccc2C)c(/C=C/[C]2[CH][CH][CH][CH]2)[b-]1-c1c(C(F)(F)F)cc(C(F)(F)F)cc1C(F)(F)F)=C(C)C.[CH]1[CH][CH][CH][CH]1.[CH]1[CH][CH][CH][CH]1.[Fe].[Fe]. The molecule has 0 saturated heterocycles. The Morgan fingerprint density at radius 2 is 1.06 bits per heavy atom. The quantitative estimate of drug-likeness (QED) is 0.135. The molecule has 14 heteroatoms. The first-order valence-electron chi connectivity index (χ1n) is 19.4. The monoisotopic (exact) mass is 954 g/mol. The van der Waals surface area contributed by atoms with Gasteiger partial charge in [-0.25, -0.2) is 4.57 Å². The molecule has 4 aliphatic rings. The number of anilines is 1. The van der Waals surface area contributed by atoms with E-state index in [1.54, 1.807) is 115 Å². The van der Waals surface area contributed by atoms with Gasteiger partial charge in [0, 0.05) is 79.9 Å². The second kappa shape index (κ2) is 24.3. The summed E-state index contributed by atoms with van der Waals surface area (Å²) in [6.45, 7) is 8.81. The van der Waals surface area contributed by atoms with Crippen LogP contribution >= 0.6 is 0 Å². The average Bonchev–Trinajstić information content (AvgIpc) is 4.05. The van der Waals surface area contributed by atoms with Crippen molar-refractivity contribution in [3.05, 3.63) is 220 Å². The van der Waals surface area contributed by atoms with Crippen molar-refractivity contribution in [2.24, 2.45) is 0 Å². The first kappa shape index (κ1) is 54.8. The van der Waals surface area contributed by atoms with E-state index < -0.39 is 47.0 Å². The van der Waals surface area contributed by atoms with Crippen molar-refractivity contribution in [2.45, 2.75) is 59.6 Å². The first-order chi connectivity index (χ1) is 28.8. The van der Waals surface area contributed by atoms with Gasteiger partial charge in [0.1, 0.15) is 0 Å². The van der Waals surface area contributed by atoms with E-state index in [2.05, 4.69) is 5.32 Å². The van der Waals surface area contributed by atoms with Crippen molar-refractivity contribution in [3.63, 3.8) is 0 Å². The number of alkyl halides is 9. The molecule has 0 amide bonds. The third-order valence-electron chi connectivity index (χ3n) is 9.92. The third-order valence-corrected chi connectivity index (χ3v) is 9.92. The zero-order valence-electron chi connectivity index (χ0n) is 34.9. The van der Waals surface area contributed by atoms with Crippen LogP contribution in [0.1, 0.15) is 66.3 Å². The molecule has 63 heavy (non-hydrogen) atoms. The minimum atomic E-state index is -5.61. The molecule has 1 N–H and O–H groups in total. The molecular weight excluding hydrogens is 910 g/mol. The molecule has 7 rings (SSSR count). The number of hydrogen-bond donors (Lipinski definition) is 1. The van der Waals surface area contributed by atoms with Crippen molar-refractivity contribution in [2.75, 3.05) is 5.32 Å². The molecule has 20 radical (unpaired) electrons. The van der Waals surface area contributed by atoms with Crippen molar-refractivity contribution in [1.82, 2.24) is 0 Å². The van der Waals surface area contributed by atoms with Crippen molar-refractivity contribution >= 4 is 18.0 Å². The van der Waals surface area contributed by atoms with Crippen molar-refractivity contribution < 1.29 is 78.2 Å². The minimum Gasteiger partial charge on any atom is -0.401 e. The molecule has 4 saturated carbocycles. The number of benzene rings is 2. The van der Waals surface area contributed by atoms with Crippen LogP contribution in [0.25, 0.3) is 17.2 Å². The van der Waals surface area contributed by atoms with E-state index in [1.165, 1.54) is 12.1 Å². The summed E-state index contributed by atoms with van der Waals surface area (Å²) in [5, 5.41) is 3.15. The molecular formula is C49H44BF9Fe2N2. The first-order valence-corrected chi connectivity index (χ1v) is 19.4. The van der Waals surface area contributed by atoms with Crippen LogP contribution in [0.15, 0.2) is 53.7 Å². The maximum Gasteiger partial charge on any atom is 0.416 e. The number of rotatable bonds is 8. The number of aryl methyl sites for hydroxylation is 2. The Morgan fingerprint density at radius 3 is 1.46 bits per heavy atom. The van der Waals surface area contributed by atoms with Gasteiger partial charge in [-0.15, -0.1) is 5.58 Å². The number of para-hydroxylation sites is 1. The van der Waals surface area contributed by atoms with Gasteiger partial charge in [-0.1, -0.05) is 36.8 Å². The van der Waals surface area contributed by atoms with Crippen LogP contribution in [0.3, 0.4) is 0 Å². The molecule has 0 atom stereocenters. The molecule has 1 heterocycles. The molecule has 0 bridgehead atoms. The summed E-state index contributed by atoms with van der Waals surface area (Å²) < 4.78 is 134. The molecule has 1 aromatic heterocycles. The maximum absolute atomic E-state index is 15.1. The Labute approximate surface area is 390 Å². The van der Waals surface area contributed by atoms with E-state index in [1.807, 2.05) is 64.2 Å². The summed E-state index contributed by atoms with van der Waals surface area (Å²) in [7, 11) is 0. The van der Waals surface area contributed by atoms with E-state index in [4.69, 9.17) is 0 Å². The summed E-state index contributed by atoms with van der Waals surface area (Å²) in [5.74, 6) is 1.23. The van der Waals surface area contributed by atoms with Crippen LogP contribution in [0.2, 0.25) is 0 Å². The Hall–Kier alpha value is -2.53. The molecule has 0 aliphatic heterocycles. The fourth-order valence-corrected chi connectivity index (χ4v) is 7.13. The van der Waals surface area contributed by atoms with Gasteiger partial charge in [-0.05, 0) is 174 Å². The van der Waals surface area contributed by atoms with E-state index in [0.29, 0.717) is 46.5 Å². The molecule has 0 unspecified atom stereocenters. The molecule has 3 aromatic rings. The van der Waals surface area contributed by atoms with E-state index in [9.17, 15) is 13.2 Å². The van der Waals surface area contributed by atoms with Gasteiger partial charge >= 0.3 is 18.5 Å². The van der Waals surface area contributed by atoms with Gasteiger partial charge < -0.3 is 5.32 Å². The maximum atomic E-state index is 15.1. The summed E-state index contributed by atoms with van der Waals surface area (Å²) in [4.78, 5) is 0. The minimum absolute atomic E-state index is 0. The number of hydrogen-bond acceptors (Lipinski definition) is 1. The van der Waals surface area contributed by atoms with Crippen LogP contribution < -0.4 is 9.88 Å². The van der Waals surface area contributed by atoms with Crippen LogP contribution in [0.5, 0.6) is 0 Å². The molecule has 2 aromatic carbocycles. The van der Waals surface area contributed by atoms with Crippen LogP contribution in [-0.2, 0) is 52.7 Å². The fraction of sp³-hybridized carbons (Fsp3) is 0.184. The zero-order chi connectivity index (χ0) is 44.5. The molecule has 4 fully saturated rings. The van der Waals surface area contributed by atoms with Crippen molar-refractivity contribution in [1.29, 1.82) is 0 Å². The van der Waals surface area contributed by atoms with Gasteiger partial charge in [-0.2, -0.15) is 45.0 Å². The Balaban J connectivity index is 0.000000773. The van der Waals surface area contributed by atoms with Crippen molar-refractivity contribution in [3.8, 4) is 11.2 Å². The van der Waals surface area contributed by atoms with E-state index in [-0.39, 0.29) is 57.4 Å². The summed E-state index contributed by atoms with van der Waals surface area (Å²) in [5.41, 5.74) is -4.03. The summed E-state index contributed by atoms with van der Waals surface area (Å²) in [6, 6.07) is 6.39. The number of nitrogens with zero attached hydrogens (tertiary/aromatic N) is 1. The molecule has 4 aliphatic carbocycles. The van der Waals surface area contributed by atoms with Gasteiger partial charge in [0.2, 0.25) is 5.69 Å². The van der Waals surface area contributed by atoms with E-state index in [0.717, 1.165) is 5.57 Å². The standard InChI is InChI=1S/C39H33BF9N2.2C5H5.2Fe/c1-6-31(23(2)3)50-33-22-32(27-16-9-10-17-27)51(36-24(4)12-11-13-25(36)5)34(19-18-26-14-7-8-15-26)40(33)35-29(38(44,45)46)20-28(37(41,42)43)21-30(35)39(47,48)49;2*1-2-4-5-3-1;;/h7-22H,6H2,1-5H3;2*1-5H;;/q-1;;;;/p+1/b19-18+;;;;. The van der Waals surface area contributed by atoms with Gasteiger partial charge in [0.25, 0.3) is 0 Å². The Kier molecular flexibility index (Phi) is 21.1. The third kappa shape index (κ3) is 14.5. The normalized spacial score (nSPS) is 17.1. The predicted octanol–water partition coefficient (Wildman–Crippen LogP) is 13.0. The number of nitrogens with one attached hydrogen (secondary N) is 1. The van der Waals surface area contributed by atoms with Crippen LogP contribution in [0, 0.1) is 141 Å². The molecule has 332 valence electrons. The zero-order valence-corrected chi connectivity index (χ0v) is 37.1. The van der Waals surface area contributed by atoms with E-state index >= 15 is 26.3 Å². The summed E-state index contributed by atoms with van der Waals surface area (Å²) >= 11 is 0. The largest absolute Gasteiger partial charge is 0.416 e. The molecule has 2 nitrogen and oxygen atoms in total. The fourth-order valence-electron chi connectivity index (χ4n) is 7.13. The van der Waals surface area contributed by atoms with Crippen LogP contribution in [0.4, 0.5) is 45.1 Å². The topological polar surface area (TPSA) is 15.9 Å². The predicted molar refractivity (Wildman–Crippen MR) is 224 cm³/mol. The second-order valence-corrected chi connectivity index (χ2v) is 14.5. The van der Waals surface area contributed by atoms with Gasteiger partial charge in [0.15, 0.2) is 5.69 Å². The average molecular weight is 954 g/mol. The van der Waals surface area contributed by atoms with Gasteiger partial charge in [-0.3, -0.25) is 0 Å². The van der Waals surface area contributed by atoms with Gasteiger partial charge in [0.05, 0.1) is 11.5 Å². The number of allylic oxidation sites excluding steroid dienone is 3. The second-order valence-electron chi connectivity index (χ2n) is 14.5. The summed E-state index contributed by atoms with van der Waals surface area (Å²) in [6.07, 6.45) is 18.7. The van der Waals surface area contributed by atoms with Crippen LogP contribution in [-0.4, -0.2) is 6.34 Å². The molecule has 0 spiro atoms.